The minimum atomic E-state index is -0.406. The van der Waals surface area contributed by atoms with Crippen molar-refractivity contribution in [1.82, 2.24) is 9.88 Å². The number of aromatic amines is 1. The van der Waals surface area contributed by atoms with E-state index in [-0.39, 0.29) is 12.6 Å². The Balaban J connectivity index is 1.89. The van der Waals surface area contributed by atoms with Gasteiger partial charge in [0.05, 0.1) is 20.8 Å². The highest BCUT2D eigenvalue weighted by molar-refractivity contribution is 5.91. The molecule has 8 nitrogen and oxygen atoms in total. The molecule has 0 radical (unpaired) electrons. The standard InChI is InChI=1S/C26H31N3O5/c1-6-34-25(30)24-17(2)23(18(3)27-24)16-29(15-19-10-12-21(32-4)13-11-19)26(31)28-20-8-7-9-22(14-20)33-5/h7-14,27H,6,15-16H2,1-5H3,(H,28,31). The SMILES string of the molecule is CCOC(=O)c1[nH]c(C)c(CN(Cc2ccc(OC)cc2)C(=O)Nc2cccc(OC)c2)c1C. The van der Waals surface area contributed by atoms with Crippen LogP contribution in [0.25, 0.3) is 0 Å². The minimum Gasteiger partial charge on any atom is -0.497 e. The number of carbonyl (C=O) groups is 2. The summed E-state index contributed by atoms with van der Waals surface area (Å²) in [5.41, 5.74) is 4.43. The smallest absolute Gasteiger partial charge is 0.355 e. The van der Waals surface area contributed by atoms with Gasteiger partial charge in [0.15, 0.2) is 0 Å². The Hall–Kier alpha value is -3.94. The average Bonchev–Trinajstić information content (AvgIpc) is 3.12. The molecule has 0 spiro atoms. The third kappa shape index (κ3) is 5.89. The number of rotatable bonds is 9. The van der Waals surface area contributed by atoms with Gasteiger partial charge < -0.3 is 29.4 Å². The number of hydrogen-bond acceptors (Lipinski definition) is 5. The molecule has 0 unspecified atom stereocenters. The van der Waals surface area contributed by atoms with Crippen molar-refractivity contribution < 1.29 is 23.8 Å². The predicted molar refractivity (Wildman–Crippen MR) is 130 cm³/mol. The van der Waals surface area contributed by atoms with Crippen LogP contribution >= 0.6 is 0 Å². The molecule has 1 heterocycles. The molecule has 8 heteroatoms. The second kappa shape index (κ2) is 11.3. The molecular formula is C26H31N3O5. The number of esters is 1. The second-order valence-corrected chi connectivity index (χ2v) is 7.82. The average molecular weight is 466 g/mol. The summed E-state index contributed by atoms with van der Waals surface area (Å²) < 4.78 is 15.7. The molecule has 180 valence electrons. The van der Waals surface area contributed by atoms with Crippen molar-refractivity contribution in [1.29, 1.82) is 0 Å². The van der Waals surface area contributed by atoms with E-state index in [0.29, 0.717) is 30.2 Å². The van der Waals surface area contributed by atoms with Gasteiger partial charge in [0, 0.05) is 30.5 Å². The van der Waals surface area contributed by atoms with E-state index in [1.54, 1.807) is 38.2 Å². The maximum absolute atomic E-state index is 13.4. The Morgan fingerprint density at radius 2 is 1.68 bits per heavy atom. The molecule has 0 aliphatic rings. The number of hydrogen-bond donors (Lipinski definition) is 2. The van der Waals surface area contributed by atoms with Gasteiger partial charge >= 0.3 is 12.0 Å². The van der Waals surface area contributed by atoms with Crippen molar-refractivity contribution >= 4 is 17.7 Å². The molecule has 2 N–H and O–H groups in total. The summed E-state index contributed by atoms with van der Waals surface area (Å²) >= 11 is 0. The molecule has 0 aliphatic heterocycles. The number of ether oxygens (including phenoxy) is 3. The number of methoxy groups -OCH3 is 2. The molecular weight excluding hydrogens is 434 g/mol. The Bertz CT molecular complexity index is 1140. The van der Waals surface area contributed by atoms with Crippen LogP contribution in [0.4, 0.5) is 10.5 Å². The van der Waals surface area contributed by atoms with Crippen molar-refractivity contribution in [3.05, 3.63) is 76.6 Å². The number of aryl methyl sites for hydroxylation is 1. The van der Waals surface area contributed by atoms with Crippen LogP contribution in [0.2, 0.25) is 0 Å². The lowest BCUT2D eigenvalue weighted by Gasteiger charge is -2.24. The van der Waals surface area contributed by atoms with Crippen molar-refractivity contribution in [3.8, 4) is 11.5 Å². The van der Waals surface area contributed by atoms with E-state index in [4.69, 9.17) is 14.2 Å². The van der Waals surface area contributed by atoms with E-state index in [1.165, 1.54) is 0 Å². The zero-order valence-corrected chi connectivity index (χ0v) is 20.2. The molecule has 1 aromatic heterocycles. The lowest BCUT2D eigenvalue weighted by molar-refractivity contribution is 0.0519. The molecule has 2 amide bonds. The monoisotopic (exact) mass is 465 g/mol. The van der Waals surface area contributed by atoms with E-state index in [2.05, 4.69) is 10.3 Å². The fourth-order valence-corrected chi connectivity index (χ4v) is 3.68. The molecule has 0 fully saturated rings. The highest BCUT2D eigenvalue weighted by atomic mass is 16.5. The summed E-state index contributed by atoms with van der Waals surface area (Å²) in [6.45, 7) is 6.46. The van der Waals surface area contributed by atoms with E-state index in [9.17, 15) is 9.59 Å². The number of nitrogens with one attached hydrogen (secondary N) is 2. The Labute approximate surface area is 199 Å². The van der Waals surface area contributed by atoms with Gasteiger partial charge in [-0.25, -0.2) is 9.59 Å². The number of nitrogens with zero attached hydrogens (tertiary/aromatic N) is 1. The second-order valence-electron chi connectivity index (χ2n) is 7.82. The van der Waals surface area contributed by atoms with Gasteiger partial charge in [-0.05, 0) is 61.7 Å². The molecule has 0 aliphatic carbocycles. The highest BCUT2D eigenvalue weighted by Crippen LogP contribution is 2.24. The lowest BCUT2D eigenvalue weighted by Crippen LogP contribution is -2.34. The lowest BCUT2D eigenvalue weighted by atomic mass is 10.1. The first-order valence-corrected chi connectivity index (χ1v) is 11.0. The number of urea groups is 1. The van der Waals surface area contributed by atoms with Gasteiger partial charge in [0.2, 0.25) is 0 Å². The predicted octanol–water partition coefficient (Wildman–Crippen LogP) is 5.06. The third-order valence-electron chi connectivity index (χ3n) is 5.56. The van der Waals surface area contributed by atoms with Crippen LogP contribution in [0.3, 0.4) is 0 Å². The summed E-state index contributed by atoms with van der Waals surface area (Å²) in [5, 5.41) is 2.95. The summed E-state index contributed by atoms with van der Waals surface area (Å²) in [6, 6.07) is 14.5. The quantitative estimate of drug-likeness (QED) is 0.431. The zero-order valence-electron chi connectivity index (χ0n) is 20.2. The highest BCUT2D eigenvalue weighted by Gasteiger charge is 2.23. The Morgan fingerprint density at radius 3 is 2.32 bits per heavy atom. The van der Waals surface area contributed by atoms with Crippen LogP contribution in [0.1, 0.15) is 39.8 Å². The maximum atomic E-state index is 13.4. The molecule has 0 bridgehead atoms. The van der Waals surface area contributed by atoms with E-state index in [1.807, 2.05) is 50.2 Å². The fraction of sp³-hybridized carbons (Fsp3) is 0.308. The number of H-pyrrole nitrogens is 1. The van der Waals surface area contributed by atoms with E-state index < -0.39 is 5.97 Å². The molecule has 34 heavy (non-hydrogen) atoms. The molecule has 0 saturated carbocycles. The first kappa shape index (κ1) is 24.7. The molecule has 3 rings (SSSR count). The topological polar surface area (TPSA) is 92.9 Å². The van der Waals surface area contributed by atoms with Crippen LogP contribution < -0.4 is 14.8 Å². The van der Waals surface area contributed by atoms with Crippen LogP contribution in [0.5, 0.6) is 11.5 Å². The number of amides is 2. The van der Waals surface area contributed by atoms with Gasteiger partial charge in [-0.1, -0.05) is 18.2 Å². The number of benzene rings is 2. The molecule has 0 saturated heterocycles. The van der Waals surface area contributed by atoms with Crippen LogP contribution in [-0.4, -0.2) is 42.7 Å². The summed E-state index contributed by atoms with van der Waals surface area (Å²) in [5.74, 6) is 0.986. The van der Waals surface area contributed by atoms with Crippen LogP contribution in [0, 0.1) is 13.8 Å². The minimum absolute atomic E-state index is 0.276. The summed E-state index contributed by atoms with van der Waals surface area (Å²) in [7, 11) is 3.19. The molecule has 2 aromatic carbocycles. The van der Waals surface area contributed by atoms with Crippen LogP contribution in [0.15, 0.2) is 48.5 Å². The van der Waals surface area contributed by atoms with E-state index >= 15 is 0 Å². The van der Waals surface area contributed by atoms with Gasteiger partial charge in [-0.15, -0.1) is 0 Å². The first-order valence-electron chi connectivity index (χ1n) is 11.0. The van der Waals surface area contributed by atoms with Gasteiger partial charge in [-0.2, -0.15) is 0 Å². The van der Waals surface area contributed by atoms with Gasteiger partial charge in [0.1, 0.15) is 17.2 Å². The first-order chi connectivity index (χ1) is 16.4. The summed E-state index contributed by atoms with van der Waals surface area (Å²) in [4.78, 5) is 30.5. The third-order valence-corrected chi connectivity index (χ3v) is 5.56. The van der Waals surface area contributed by atoms with Crippen LogP contribution in [-0.2, 0) is 17.8 Å². The van der Waals surface area contributed by atoms with Crippen molar-refractivity contribution in [2.45, 2.75) is 33.9 Å². The molecule has 0 atom stereocenters. The zero-order chi connectivity index (χ0) is 24.7. The normalized spacial score (nSPS) is 10.5. The maximum Gasteiger partial charge on any atom is 0.355 e. The van der Waals surface area contributed by atoms with Crippen molar-refractivity contribution in [2.75, 3.05) is 26.1 Å². The Morgan fingerprint density at radius 1 is 0.971 bits per heavy atom. The summed E-state index contributed by atoms with van der Waals surface area (Å²) in [6.07, 6.45) is 0. The molecule has 3 aromatic rings. The number of anilines is 1. The fourth-order valence-electron chi connectivity index (χ4n) is 3.68. The number of carbonyl (C=O) groups excluding carboxylic acids is 2. The largest absolute Gasteiger partial charge is 0.497 e. The van der Waals surface area contributed by atoms with Gasteiger partial charge in [-0.3, -0.25) is 0 Å². The van der Waals surface area contributed by atoms with Crippen molar-refractivity contribution in [2.24, 2.45) is 0 Å². The Kier molecular flexibility index (Phi) is 8.19. The van der Waals surface area contributed by atoms with Gasteiger partial charge in [0.25, 0.3) is 0 Å². The number of aromatic nitrogens is 1. The van der Waals surface area contributed by atoms with E-state index in [0.717, 1.165) is 28.1 Å². The van der Waals surface area contributed by atoms with Crippen molar-refractivity contribution in [3.63, 3.8) is 0 Å².